The summed E-state index contributed by atoms with van der Waals surface area (Å²) >= 11 is 0. The molecule has 1 aromatic carbocycles. The maximum atomic E-state index is 12.8. The molecule has 0 saturated heterocycles. The first-order valence-electron chi connectivity index (χ1n) is 8.51. The number of H-pyrrole nitrogens is 1. The van der Waals surface area contributed by atoms with Crippen molar-refractivity contribution < 1.29 is 14.4 Å². The third-order valence-corrected chi connectivity index (χ3v) is 4.54. The SMILES string of the molecule is CCC(CC(CC(C)C(N)=O)C(=O)Nc1ccc2n[nH]nc2c1)C(N)=O. The van der Waals surface area contributed by atoms with Gasteiger partial charge in [-0.15, -0.1) is 0 Å². The maximum Gasteiger partial charge on any atom is 0.227 e. The summed E-state index contributed by atoms with van der Waals surface area (Å²) in [5, 5.41) is 13.3. The van der Waals surface area contributed by atoms with Gasteiger partial charge < -0.3 is 16.8 Å². The number of anilines is 1. The highest BCUT2D eigenvalue weighted by Crippen LogP contribution is 2.25. The number of aromatic amines is 1. The molecule has 3 amide bonds. The number of nitrogens with two attached hydrogens (primary N) is 2. The number of carbonyl (C=O) groups excluding carboxylic acids is 3. The van der Waals surface area contributed by atoms with Gasteiger partial charge in [-0.3, -0.25) is 14.4 Å². The van der Waals surface area contributed by atoms with Gasteiger partial charge in [0.15, 0.2) is 0 Å². The Labute approximate surface area is 150 Å². The number of rotatable bonds is 9. The summed E-state index contributed by atoms with van der Waals surface area (Å²) in [6, 6.07) is 5.13. The fourth-order valence-electron chi connectivity index (χ4n) is 2.84. The molecular weight excluding hydrogens is 336 g/mol. The summed E-state index contributed by atoms with van der Waals surface area (Å²) < 4.78 is 0. The Bertz CT molecular complexity index is 803. The highest BCUT2D eigenvalue weighted by atomic mass is 16.2. The zero-order chi connectivity index (χ0) is 19.3. The lowest BCUT2D eigenvalue weighted by molar-refractivity contribution is -0.125. The van der Waals surface area contributed by atoms with Crippen LogP contribution >= 0.6 is 0 Å². The lowest BCUT2D eigenvalue weighted by Gasteiger charge is -2.22. The van der Waals surface area contributed by atoms with E-state index in [1.54, 1.807) is 25.1 Å². The van der Waals surface area contributed by atoms with Gasteiger partial charge in [0.05, 0.1) is 0 Å². The number of fused-ring (bicyclic) bond motifs is 1. The minimum atomic E-state index is -0.567. The largest absolute Gasteiger partial charge is 0.369 e. The number of primary amides is 2. The molecule has 0 spiro atoms. The second-order valence-corrected chi connectivity index (χ2v) is 6.50. The van der Waals surface area contributed by atoms with Crippen LogP contribution in [-0.2, 0) is 14.4 Å². The van der Waals surface area contributed by atoms with Crippen molar-refractivity contribution in [3.63, 3.8) is 0 Å². The molecule has 0 aliphatic heterocycles. The fraction of sp³-hybridized carbons (Fsp3) is 0.471. The van der Waals surface area contributed by atoms with Crippen LogP contribution in [0.5, 0.6) is 0 Å². The monoisotopic (exact) mass is 360 g/mol. The number of aromatic nitrogens is 3. The third-order valence-electron chi connectivity index (χ3n) is 4.54. The topological polar surface area (TPSA) is 157 Å². The number of benzene rings is 1. The first-order chi connectivity index (χ1) is 12.3. The lowest BCUT2D eigenvalue weighted by Crippen LogP contribution is -2.33. The highest BCUT2D eigenvalue weighted by Gasteiger charge is 2.28. The van der Waals surface area contributed by atoms with Gasteiger partial charge in [0, 0.05) is 23.4 Å². The predicted octanol–water partition coefficient (Wildman–Crippen LogP) is 0.926. The Morgan fingerprint density at radius 1 is 1.08 bits per heavy atom. The van der Waals surface area contributed by atoms with E-state index in [-0.39, 0.29) is 18.7 Å². The Kier molecular flexibility index (Phi) is 6.26. The normalized spacial score (nSPS) is 14.5. The van der Waals surface area contributed by atoms with E-state index in [0.29, 0.717) is 23.1 Å². The molecular formula is C17H24N6O3. The Balaban J connectivity index is 2.16. The molecule has 0 fully saturated rings. The summed E-state index contributed by atoms with van der Waals surface area (Å²) in [6.07, 6.45) is 1.04. The lowest BCUT2D eigenvalue weighted by atomic mass is 9.85. The van der Waals surface area contributed by atoms with Gasteiger partial charge in [0.25, 0.3) is 0 Å². The summed E-state index contributed by atoms with van der Waals surface area (Å²) in [5.41, 5.74) is 12.6. The van der Waals surface area contributed by atoms with Crippen molar-refractivity contribution in [1.82, 2.24) is 15.4 Å². The van der Waals surface area contributed by atoms with Crippen molar-refractivity contribution in [2.45, 2.75) is 33.1 Å². The second kappa shape index (κ2) is 8.41. The molecule has 26 heavy (non-hydrogen) atoms. The van der Waals surface area contributed by atoms with Crippen molar-refractivity contribution in [2.75, 3.05) is 5.32 Å². The molecule has 0 bridgehead atoms. The highest BCUT2D eigenvalue weighted by molar-refractivity contribution is 5.95. The summed E-state index contributed by atoms with van der Waals surface area (Å²) in [7, 11) is 0. The van der Waals surface area contributed by atoms with E-state index in [0.717, 1.165) is 0 Å². The van der Waals surface area contributed by atoms with E-state index < -0.39 is 29.6 Å². The van der Waals surface area contributed by atoms with Gasteiger partial charge in [0.1, 0.15) is 11.0 Å². The first kappa shape index (κ1) is 19.4. The van der Waals surface area contributed by atoms with Crippen LogP contribution in [0.2, 0.25) is 0 Å². The maximum absolute atomic E-state index is 12.8. The summed E-state index contributed by atoms with van der Waals surface area (Å²) in [5.74, 6) is -2.73. The molecule has 6 N–H and O–H groups in total. The van der Waals surface area contributed by atoms with Crippen molar-refractivity contribution in [3.05, 3.63) is 18.2 Å². The molecule has 9 nitrogen and oxygen atoms in total. The van der Waals surface area contributed by atoms with E-state index >= 15 is 0 Å². The number of carbonyl (C=O) groups is 3. The van der Waals surface area contributed by atoms with Gasteiger partial charge in [-0.25, -0.2) is 0 Å². The van der Waals surface area contributed by atoms with E-state index in [1.807, 2.05) is 6.92 Å². The van der Waals surface area contributed by atoms with Crippen molar-refractivity contribution in [2.24, 2.45) is 29.2 Å². The van der Waals surface area contributed by atoms with Crippen molar-refractivity contribution >= 4 is 34.4 Å². The van der Waals surface area contributed by atoms with E-state index in [9.17, 15) is 14.4 Å². The quantitative estimate of drug-likeness (QED) is 0.523. The summed E-state index contributed by atoms with van der Waals surface area (Å²) in [4.78, 5) is 35.7. The molecule has 9 heteroatoms. The molecule has 1 heterocycles. The van der Waals surface area contributed by atoms with E-state index in [2.05, 4.69) is 20.7 Å². The third kappa shape index (κ3) is 4.78. The van der Waals surface area contributed by atoms with Crippen molar-refractivity contribution in [3.8, 4) is 0 Å². The number of hydrogen-bond acceptors (Lipinski definition) is 5. The molecule has 140 valence electrons. The van der Waals surface area contributed by atoms with Crippen LogP contribution < -0.4 is 16.8 Å². The van der Waals surface area contributed by atoms with Gasteiger partial charge in [0.2, 0.25) is 17.7 Å². The van der Waals surface area contributed by atoms with Crippen LogP contribution in [0, 0.1) is 17.8 Å². The predicted molar refractivity (Wildman–Crippen MR) is 96.6 cm³/mol. The Morgan fingerprint density at radius 2 is 1.77 bits per heavy atom. The van der Waals surface area contributed by atoms with Crippen LogP contribution in [0.1, 0.15) is 33.1 Å². The van der Waals surface area contributed by atoms with Gasteiger partial charge >= 0.3 is 0 Å². The zero-order valence-corrected chi connectivity index (χ0v) is 14.9. The number of hydrogen-bond donors (Lipinski definition) is 4. The van der Waals surface area contributed by atoms with Crippen molar-refractivity contribution in [1.29, 1.82) is 0 Å². The number of amides is 3. The van der Waals surface area contributed by atoms with Gasteiger partial charge in [-0.1, -0.05) is 13.8 Å². The zero-order valence-electron chi connectivity index (χ0n) is 14.9. The molecule has 0 aliphatic carbocycles. The Morgan fingerprint density at radius 3 is 2.38 bits per heavy atom. The van der Waals surface area contributed by atoms with Crippen LogP contribution in [0.15, 0.2) is 18.2 Å². The van der Waals surface area contributed by atoms with E-state index in [4.69, 9.17) is 11.5 Å². The number of nitrogens with one attached hydrogen (secondary N) is 2. The van der Waals surface area contributed by atoms with Crippen LogP contribution in [-0.4, -0.2) is 33.1 Å². The molecule has 3 atom stereocenters. The van der Waals surface area contributed by atoms with E-state index in [1.165, 1.54) is 0 Å². The molecule has 1 aromatic heterocycles. The smallest absolute Gasteiger partial charge is 0.227 e. The minimum Gasteiger partial charge on any atom is -0.369 e. The molecule has 2 rings (SSSR count). The minimum absolute atomic E-state index is 0.247. The molecule has 0 radical (unpaired) electrons. The second-order valence-electron chi connectivity index (χ2n) is 6.50. The van der Waals surface area contributed by atoms with Crippen LogP contribution in [0.3, 0.4) is 0 Å². The molecule has 0 aliphatic rings. The molecule has 0 saturated carbocycles. The average Bonchev–Trinajstić information content (AvgIpc) is 3.05. The summed E-state index contributed by atoms with van der Waals surface area (Å²) in [6.45, 7) is 3.50. The standard InChI is InChI=1S/C17H24N6O3/c1-3-10(16(19)25)7-11(6-9(2)15(18)24)17(26)20-12-4-5-13-14(8-12)22-23-21-13/h4-5,8-11H,3,6-7H2,1-2H3,(H2,18,24)(H2,19,25)(H,20,26)(H,21,22,23). The molecule has 3 unspecified atom stereocenters. The molecule has 2 aromatic rings. The van der Waals surface area contributed by atoms with Crippen LogP contribution in [0.25, 0.3) is 11.0 Å². The van der Waals surface area contributed by atoms with Gasteiger partial charge in [-0.2, -0.15) is 15.4 Å². The Hall–Kier alpha value is -2.97. The average molecular weight is 360 g/mol. The van der Waals surface area contributed by atoms with Crippen LogP contribution in [0.4, 0.5) is 5.69 Å². The first-order valence-corrected chi connectivity index (χ1v) is 8.51. The van der Waals surface area contributed by atoms with Gasteiger partial charge in [-0.05, 0) is 37.5 Å². The fourth-order valence-corrected chi connectivity index (χ4v) is 2.84. The number of nitrogens with zero attached hydrogens (tertiary/aromatic N) is 2.